The Labute approximate surface area is 165 Å². The van der Waals surface area contributed by atoms with Gasteiger partial charge in [-0.05, 0) is 42.5 Å². The van der Waals surface area contributed by atoms with Crippen LogP contribution in [0.25, 0.3) is 0 Å². The summed E-state index contributed by atoms with van der Waals surface area (Å²) in [5, 5.41) is 2.61. The Hall–Kier alpha value is -2.74. The lowest BCUT2D eigenvalue weighted by Gasteiger charge is -2.18. The van der Waals surface area contributed by atoms with E-state index < -0.39 is 0 Å². The van der Waals surface area contributed by atoms with Crippen molar-refractivity contribution < 1.29 is 23.8 Å². The molecule has 0 radical (unpaired) electrons. The fourth-order valence-corrected chi connectivity index (χ4v) is 2.65. The van der Waals surface area contributed by atoms with Crippen LogP contribution >= 0.6 is 15.9 Å². The molecule has 8 heteroatoms. The molecule has 0 bridgehead atoms. The van der Waals surface area contributed by atoms with Gasteiger partial charge in [-0.1, -0.05) is 15.9 Å². The summed E-state index contributed by atoms with van der Waals surface area (Å²) in [6.45, 7) is 0.822. The molecule has 1 aliphatic rings. The molecule has 2 aromatic carbocycles. The van der Waals surface area contributed by atoms with E-state index in [-0.39, 0.29) is 25.2 Å². The highest BCUT2D eigenvalue weighted by Crippen LogP contribution is 2.32. The van der Waals surface area contributed by atoms with Crippen molar-refractivity contribution in [3.63, 3.8) is 0 Å². The smallest absolute Gasteiger partial charge is 0.251 e. The molecular formula is C19H19BrN2O5. The molecule has 7 nitrogen and oxygen atoms in total. The van der Waals surface area contributed by atoms with Gasteiger partial charge in [0.15, 0.2) is 11.5 Å². The van der Waals surface area contributed by atoms with Gasteiger partial charge in [0.25, 0.3) is 5.91 Å². The van der Waals surface area contributed by atoms with E-state index in [1.807, 2.05) is 24.3 Å². The first kappa shape index (κ1) is 19.0. The number of halogens is 1. The monoisotopic (exact) mass is 434 g/mol. The van der Waals surface area contributed by atoms with Gasteiger partial charge in [0.05, 0.1) is 13.1 Å². The average Bonchev–Trinajstić information content (AvgIpc) is 3.15. The number of amides is 2. The van der Waals surface area contributed by atoms with Crippen molar-refractivity contribution in [1.29, 1.82) is 0 Å². The number of benzene rings is 2. The standard InChI is InChI=1S/C19H19BrN2O5/c1-22(8-9-25-15-5-3-14(20)4-6-15)18(23)11-21-19(24)13-2-7-16-17(10-13)27-12-26-16/h2-7,10H,8-9,11-12H2,1H3,(H,21,24). The molecule has 142 valence electrons. The van der Waals surface area contributed by atoms with Gasteiger partial charge in [-0.25, -0.2) is 0 Å². The van der Waals surface area contributed by atoms with Crippen LogP contribution in [0.1, 0.15) is 10.4 Å². The topological polar surface area (TPSA) is 77.1 Å². The third kappa shape index (κ3) is 5.13. The van der Waals surface area contributed by atoms with E-state index in [0.29, 0.717) is 30.2 Å². The van der Waals surface area contributed by atoms with Crippen LogP contribution in [0.3, 0.4) is 0 Å². The summed E-state index contributed by atoms with van der Waals surface area (Å²) in [6, 6.07) is 12.4. The second kappa shape index (κ2) is 8.77. The lowest BCUT2D eigenvalue weighted by atomic mass is 10.2. The molecule has 2 amide bonds. The van der Waals surface area contributed by atoms with Crippen LogP contribution in [0, 0.1) is 0 Å². The molecular weight excluding hydrogens is 416 g/mol. The molecule has 27 heavy (non-hydrogen) atoms. The lowest BCUT2D eigenvalue weighted by molar-refractivity contribution is -0.129. The quantitative estimate of drug-likeness (QED) is 0.723. The normalized spacial score (nSPS) is 11.8. The van der Waals surface area contributed by atoms with Crippen molar-refractivity contribution in [3.8, 4) is 17.2 Å². The zero-order valence-electron chi connectivity index (χ0n) is 14.7. The minimum absolute atomic E-state index is 0.0952. The molecule has 0 atom stereocenters. The van der Waals surface area contributed by atoms with Gasteiger partial charge in [0.2, 0.25) is 12.7 Å². The summed E-state index contributed by atoms with van der Waals surface area (Å²) in [7, 11) is 1.67. The van der Waals surface area contributed by atoms with Crippen molar-refractivity contribution in [2.45, 2.75) is 0 Å². The van der Waals surface area contributed by atoms with E-state index in [0.717, 1.165) is 10.2 Å². The highest BCUT2D eigenvalue weighted by molar-refractivity contribution is 9.10. The molecule has 0 saturated heterocycles. The first-order valence-corrected chi connectivity index (χ1v) is 9.12. The fraction of sp³-hybridized carbons (Fsp3) is 0.263. The van der Waals surface area contributed by atoms with E-state index in [2.05, 4.69) is 21.2 Å². The average molecular weight is 435 g/mol. The molecule has 3 rings (SSSR count). The summed E-state index contributed by atoms with van der Waals surface area (Å²) in [6.07, 6.45) is 0. The maximum absolute atomic E-state index is 12.2. The van der Waals surface area contributed by atoms with Crippen LogP contribution < -0.4 is 19.5 Å². The summed E-state index contributed by atoms with van der Waals surface area (Å²) in [4.78, 5) is 25.9. The number of rotatable bonds is 7. The molecule has 1 heterocycles. The number of carbonyl (C=O) groups is 2. The van der Waals surface area contributed by atoms with Crippen LogP contribution in [0.2, 0.25) is 0 Å². The van der Waals surface area contributed by atoms with Crippen LogP contribution in [-0.2, 0) is 4.79 Å². The summed E-state index contributed by atoms with van der Waals surface area (Å²) < 4.78 is 17.0. The first-order valence-electron chi connectivity index (χ1n) is 8.33. The van der Waals surface area contributed by atoms with Gasteiger partial charge in [0.1, 0.15) is 12.4 Å². The predicted molar refractivity (Wildman–Crippen MR) is 102 cm³/mol. The summed E-state index contributed by atoms with van der Waals surface area (Å²) in [5.74, 6) is 1.31. The molecule has 1 aliphatic heterocycles. The Morgan fingerprint density at radius 2 is 1.89 bits per heavy atom. The van der Waals surface area contributed by atoms with Crippen LogP contribution in [-0.4, -0.2) is 50.3 Å². The summed E-state index contributed by atoms with van der Waals surface area (Å²) >= 11 is 3.36. The Morgan fingerprint density at radius 1 is 1.15 bits per heavy atom. The Morgan fingerprint density at radius 3 is 2.67 bits per heavy atom. The second-order valence-corrected chi connectivity index (χ2v) is 6.78. The minimum Gasteiger partial charge on any atom is -0.492 e. The van der Waals surface area contributed by atoms with E-state index in [4.69, 9.17) is 14.2 Å². The third-order valence-electron chi connectivity index (χ3n) is 3.97. The zero-order chi connectivity index (χ0) is 19.2. The van der Waals surface area contributed by atoms with Crippen LogP contribution in [0.15, 0.2) is 46.9 Å². The van der Waals surface area contributed by atoms with Gasteiger partial charge >= 0.3 is 0 Å². The lowest BCUT2D eigenvalue weighted by Crippen LogP contribution is -2.39. The van der Waals surface area contributed by atoms with E-state index in [9.17, 15) is 9.59 Å². The van der Waals surface area contributed by atoms with Crippen LogP contribution in [0.4, 0.5) is 0 Å². The largest absolute Gasteiger partial charge is 0.492 e. The number of hydrogen-bond donors (Lipinski definition) is 1. The van der Waals surface area contributed by atoms with Gasteiger partial charge < -0.3 is 24.4 Å². The third-order valence-corrected chi connectivity index (χ3v) is 4.50. The fourth-order valence-electron chi connectivity index (χ4n) is 2.39. The molecule has 0 aromatic heterocycles. The number of hydrogen-bond acceptors (Lipinski definition) is 5. The molecule has 0 fully saturated rings. The van der Waals surface area contributed by atoms with Gasteiger partial charge in [-0.15, -0.1) is 0 Å². The molecule has 0 spiro atoms. The van der Waals surface area contributed by atoms with Gasteiger partial charge in [-0.2, -0.15) is 0 Å². The van der Waals surface area contributed by atoms with E-state index in [1.54, 1.807) is 25.2 Å². The number of ether oxygens (including phenoxy) is 3. The molecule has 0 unspecified atom stereocenters. The number of likely N-dealkylation sites (N-methyl/N-ethyl adjacent to an activating group) is 1. The molecule has 0 saturated carbocycles. The SMILES string of the molecule is CN(CCOc1ccc(Br)cc1)C(=O)CNC(=O)c1ccc2c(c1)OCO2. The second-order valence-electron chi connectivity index (χ2n) is 5.87. The maximum atomic E-state index is 12.2. The van der Waals surface area contributed by atoms with Crippen molar-refractivity contribution in [1.82, 2.24) is 10.2 Å². The number of nitrogens with one attached hydrogen (secondary N) is 1. The molecule has 1 N–H and O–H groups in total. The Kier molecular flexibility index (Phi) is 6.18. The predicted octanol–water partition coefficient (Wildman–Crippen LogP) is 2.45. The minimum atomic E-state index is -0.346. The zero-order valence-corrected chi connectivity index (χ0v) is 16.3. The van der Waals surface area contributed by atoms with E-state index >= 15 is 0 Å². The molecule has 2 aromatic rings. The molecule has 0 aliphatic carbocycles. The first-order chi connectivity index (χ1) is 13.0. The summed E-state index contributed by atoms with van der Waals surface area (Å²) in [5.41, 5.74) is 0.410. The number of nitrogens with zero attached hydrogens (tertiary/aromatic N) is 1. The Bertz CT molecular complexity index is 825. The van der Waals surface area contributed by atoms with Crippen molar-refractivity contribution >= 4 is 27.7 Å². The van der Waals surface area contributed by atoms with Crippen LogP contribution in [0.5, 0.6) is 17.2 Å². The highest BCUT2D eigenvalue weighted by atomic mass is 79.9. The van der Waals surface area contributed by atoms with Gasteiger partial charge in [0, 0.05) is 17.1 Å². The maximum Gasteiger partial charge on any atom is 0.251 e. The Balaban J connectivity index is 1.41. The van der Waals surface area contributed by atoms with Gasteiger partial charge in [-0.3, -0.25) is 9.59 Å². The van der Waals surface area contributed by atoms with Crippen molar-refractivity contribution in [2.24, 2.45) is 0 Å². The number of carbonyl (C=O) groups excluding carboxylic acids is 2. The van der Waals surface area contributed by atoms with Crippen molar-refractivity contribution in [2.75, 3.05) is 33.5 Å². The number of fused-ring (bicyclic) bond motifs is 1. The highest BCUT2D eigenvalue weighted by Gasteiger charge is 2.17. The van der Waals surface area contributed by atoms with E-state index in [1.165, 1.54) is 4.90 Å². The van der Waals surface area contributed by atoms with Crippen molar-refractivity contribution in [3.05, 3.63) is 52.5 Å².